The minimum Gasteiger partial charge on any atom is -0.383 e. The Morgan fingerprint density at radius 1 is 1.00 bits per heavy atom. The van der Waals surface area contributed by atoms with Crippen molar-refractivity contribution in [2.45, 2.75) is 30.3 Å². The molecule has 0 saturated carbocycles. The Morgan fingerprint density at radius 3 is 2.00 bits per heavy atom. The van der Waals surface area contributed by atoms with Gasteiger partial charge in [0.2, 0.25) is 0 Å². The molecule has 1 heterocycles. The van der Waals surface area contributed by atoms with E-state index in [1.54, 1.807) is 0 Å². The van der Waals surface area contributed by atoms with Crippen molar-refractivity contribution in [1.82, 2.24) is 9.78 Å². The zero-order valence-electron chi connectivity index (χ0n) is 12.9. The van der Waals surface area contributed by atoms with Gasteiger partial charge in [-0.2, -0.15) is 26.3 Å². The van der Waals surface area contributed by atoms with Gasteiger partial charge in [-0.1, -0.05) is 18.2 Å². The first-order valence-corrected chi connectivity index (χ1v) is 7.02. The van der Waals surface area contributed by atoms with E-state index in [-0.39, 0.29) is 5.69 Å². The molecule has 0 saturated heterocycles. The number of benzene rings is 1. The summed E-state index contributed by atoms with van der Waals surface area (Å²) in [7, 11) is 0. The highest BCUT2D eigenvalue weighted by Gasteiger charge is 2.77. The number of hydrogen-bond acceptors (Lipinski definition) is 3. The van der Waals surface area contributed by atoms with Crippen molar-refractivity contribution in [1.29, 1.82) is 0 Å². The van der Waals surface area contributed by atoms with Gasteiger partial charge in [0.15, 0.2) is 6.10 Å². The second-order valence-corrected chi connectivity index (χ2v) is 5.43. The van der Waals surface area contributed by atoms with Crippen LogP contribution >= 0.6 is 0 Å². The second kappa shape index (κ2) is 6.55. The standard InChI is InChI=1S/C14H11F8N3O2/c15-11(16)13(19,20)14(21,22)12(17,18)8(26)7-9(23)25(24-10(7)27)6-4-2-1-3-5-6/h1-5,8,11,26H,23H2,(H,24,27). The van der Waals surface area contributed by atoms with E-state index >= 15 is 0 Å². The maximum Gasteiger partial charge on any atom is 0.380 e. The largest absolute Gasteiger partial charge is 0.383 e. The van der Waals surface area contributed by atoms with Gasteiger partial charge in [-0.3, -0.25) is 9.89 Å². The van der Waals surface area contributed by atoms with Crippen LogP contribution in [0.2, 0.25) is 0 Å². The summed E-state index contributed by atoms with van der Waals surface area (Å²) < 4.78 is 106. The molecule has 2 rings (SSSR count). The van der Waals surface area contributed by atoms with E-state index in [0.29, 0.717) is 4.68 Å². The van der Waals surface area contributed by atoms with Crippen molar-refractivity contribution in [3.8, 4) is 5.69 Å². The van der Waals surface area contributed by atoms with Crippen LogP contribution < -0.4 is 11.3 Å². The van der Waals surface area contributed by atoms with Crippen LogP contribution in [-0.4, -0.2) is 39.1 Å². The van der Waals surface area contributed by atoms with Gasteiger partial charge in [0.05, 0.1) is 11.3 Å². The summed E-state index contributed by atoms with van der Waals surface area (Å²) in [4.78, 5) is 11.8. The maximum absolute atomic E-state index is 13.9. The van der Waals surface area contributed by atoms with Gasteiger partial charge in [-0.05, 0) is 12.1 Å². The summed E-state index contributed by atoms with van der Waals surface area (Å²) >= 11 is 0. The molecule has 0 amide bonds. The molecule has 1 atom stereocenters. The summed E-state index contributed by atoms with van der Waals surface area (Å²) in [6.45, 7) is 0. The summed E-state index contributed by atoms with van der Waals surface area (Å²) in [6.07, 6.45) is -9.05. The summed E-state index contributed by atoms with van der Waals surface area (Å²) in [5.74, 6) is -20.3. The van der Waals surface area contributed by atoms with E-state index in [1.165, 1.54) is 30.3 Å². The van der Waals surface area contributed by atoms with Crippen LogP contribution in [-0.2, 0) is 0 Å². The molecular weight excluding hydrogens is 394 g/mol. The predicted molar refractivity (Wildman–Crippen MR) is 76.6 cm³/mol. The number of aromatic amines is 1. The van der Waals surface area contributed by atoms with Crippen LogP contribution in [0.5, 0.6) is 0 Å². The zero-order chi connectivity index (χ0) is 20.8. The maximum atomic E-state index is 13.9. The summed E-state index contributed by atoms with van der Waals surface area (Å²) in [5.41, 5.74) is 2.29. The molecule has 0 spiro atoms. The molecule has 2 aromatic rings. The summed E-state index contributed by atoms with van der Waals surface area (Å²) in [5, 5.41) is 11.4. The number of halogens is 8. The number of nitrogens with one attached hydrogen (secondary N) is 1. The number of aliphatic hydroxyl groups excluding tert-OH is 1. The van der Waals surface area contributed by atoms with Gasteiger partial charge in [-0.25, -0.2) is 13.5 Å². The molecule has 5 nitrogen and oxygen atoms in total. The molecule has 4 N–H and O–H groups in total. The molecule has 0 bridgehead atoms. The molecule has 1 aromatic carbocycles. The van der Waals surface area contributed by atoms with Gasteiger partial charge >= 0.3 is 24.2 Å². The monoisotopic (exact) mass is 405 g/mol. The molecule has 1 unspecified atom stereocenters. The van der Waals surface area contributed by atoms with Crippen LogP contribution in [0.3, 0.4) is 0 Å². The van der Waals surface area contributed by atoms with E-state index in [2.05, 4.69) is 0 Å². The van der Waals surface area contributed by atoms with Crippen LogP contribution in [0.4, 0.5) is 40.9 Å². The highest BCUT2D eigenvalue weighted by atomic mass is 19.4. The Balaban J connectivity index is 2.56. The average molecular weight is 405 g/mol. The van der Waals surface area contributed by atoms with Crippen molar-refractivity contribution in [3.05, 3.63) is 46.2 Å². The lowest BCUT2D eigenvalue weighted by Crippen LogP contribution is -2.60. The Labute approximate surface area is 145 Å². The third-order valence-electron chi connectivity index (χ3n) is 3.72. The van der Waals surface area contributed by atoms with E-state index in [9.17, 15) is 45.0 Å². The number of aliphatic hydroxyl groups is 1. The number of alkyl halides is 8. The quantitative estimate of drug-likeness (QED) is 0.647. The number of nitrogen functional groups attached to an aromatic ring is 1. The number of aromatic nitrogens is 2. The van der Waals surface area contributed by atoms with Crippen molar-refractivity contribution in [2.24, 2.45) is 0 Å². The first kappa shape index (κ1) is 20.7. The number of hydrogen-bond donors (Lipinski definition) is 3. The number of H-pyrrole nitrogens is 1. The molecule has 1 aromatic heterocycles. The zero-order valence-corrected chi connectivity index (χ0v) is 12.9. The van der Waals surface area contributed by atoms with Gasteiger partial charge < -0.3 is 10.8 Å². The first-order valence-electron chi connectivity index (χ1n) is 7.02. The van der Waals surface area contributed by atoms with E-state index in [1.807, 2.05) is 5.10 Å². The average Bonchev–Trinajstić information content (AvgIpc) is 2.88. The number of nitrogens with two attached hydrogens (primary N) is 1. The van der Waals surface area contributed by atoms with Crippen molar-refractivity contribution >= 4 is 5.82 Å². The highest BCUT2D eigenvalue weighted by Crippen LogP contribution is 2.53. The third-order valence-corrected chi connectivity index (χ3v) is 3.72. The lowest BCUT2D eigenvalue weighted by atomic mass is 9.95. The molecule has 0 aliphatic rings. The smallest absolute Gasteiger partial charge is 0.380 e. The Kier molecular flexibility index (Phi) is 5.03. The number of nitrogens with zero attached hydrogens (tertiary/aromatic N) is 1. The fraction of sp³-hybridized carbons (Fsp3) is 0.357. The Hall–Kier alpha value is -2.57. The molecule has 150 valence electrons. The Bertz CT molecular complexity index is 863. The van der Waals surface area contributed by atoms with Crippen molar-refractivity contribution in [3.63, 3.8) is 0 Å². The van der Waals surface area contributed by atoms with E-state index in [0.717, 1.165) is 0 Å². The number of rotatable bonds is 6. The minimum absolute atomic E-state index is 0.0542. The molecule has 13 heteroatoms. The van der Waals surface area contributed by atoms with E-state index in [4.69, 9.17) is 5.73 Å². The fourth-order valence-electron chi connectivity index (χ4n) is 2.22. The summed E-state index contributed by atoms with van der Waals surface area (Å²) in [6, 6.07) is 6.99. The first-order chi connectivity index (χ1) is 12.3. The van der Waals surface area contributed by atoms with Crippen LogP contribution in [0.1, 0.15) is 11.7 Å². The van der Waals surface area contributed by atoms with Crippen molar-refractivity contribution < 1.29 is 40.2 Å². The predicted octanol–water partition coefficient (Wildman–Crippen LogP) is 2.95. The molecule has 0 radical (unpaired) electrons. The fourth-order valence-corrected chi connectivity index (χ4v) is 2.22. The van der Waals surface area contributed by atoms with Crippen LogP contribution in [0.25, 0.3) is 5.69 Å². The SMILES string of the molecule is Nc1c(C(O)C(F)(F)C(F)(F)C(F)(F)C(F)F)c(=O)[nH]n1-c1ccccc1. The van der Waals surface area contributed by atoms with Gasteiger partial charge in [0, 0.05) is 0 Å². The van der Waals surface area contributed by atoms with E-state index < -0.39 is 47.2 Å². The third kappa shape index (κ3) is 3.05. The topological polar surface area (TPSA) is 84.0 Å². The molecular formula is C14H11F8N3O2. The van der Waals surface area contributed by atoms with Crippen LogP contribution in [0, 0.1) is 0 Å². The van der Waals surface area contributed by atoms with Gasteiger partial charge in [0.1, 0.15) is 5.82 Å². The van der Waals surface area contributed by atoms with Crippen LogP contribution in [0.15, 0.2) is 35.1 Å². The number of para-hydroxylation sites is 1. The number of anilines is 1. The molecule has 27 heavy (non-hydrogen) atoms. The van der Waals surface area contributed by atoms with Gasteiger partial charge in [-0.15, -0.1) is 0 Å². The normalized spacial score (nSPS) is 14.6. The highest BCUT2D eigenvalue weighted by molar-refractivity contribution is 5.48. The van der Waals surface area contributed by atoms with Gasteiger partial charge in [0.25, 0.3) is 5.56 Å². The molecule has 0 aliphatic heterocycles. The van der Waals surface area contributed by atoms with Crippen molar-refractivity contribution in [2.75, 3.05) is 5.73 Å². The molecule has 0 fully saturated rings. The lowest BCUT2D eigenvalue weighted by molar-refractivity contribution is -0.357. The minimum atomic E-state index is -6.69. The lowest BCUT2D eigenvalue weighted by Gasteiger charge is -2.34. The Morgan fingerprint density at radius 2 is 1.52 bits per heavy atom. The molecule has 0 aliphatic carbocycles. The second-order valence-electron chi connectivity index (χ2n) is 5.43.